The van der Waals surface area contributed by atoms with Gasteiger partial charge in [0.25, 0.3) is 0 Å². The van der Waals surface area contributed by atoms with Crippen molar-refractivity contribution in [2.24, 2.45) is 0 Å². The van der Waals surface area contributed by atoms with E-state index in [-0.39, 0.29) is 5.38 Å². The zero-order chi connectivity index (χ0) is 14.8. The van der Waals surface area contributed by atoms with Crippen molar-refractivity contribution in [3.05, 3.63) is 52.7 Å². The van der Waals surface area contributed by atoms with Crippen molar-refractivity contribution in [3.63, 3.8) is 0 Å². The first-order valence-corrected chi connectivity index (χ1v) is 7.93. The molecule has 0 aliphatic carbocycles. The molecule has 0 saturated heterocycles. The second kappa shape index (κ2) is 6.12. The Morgan fingerprint density at radius 1 is 1.38 bits per heavy atom. The molecule has 4 nitrogen and oxygen atoms in total. The van der Waals surface area contributed by atoms with Crippen molar-refractivity contribution in [1.82, 2.24) is 19.5 Å². The monoisotopic (exact) mass is 364 g/mol. The molecule has 1 unspecified atom stereocenters. The second-order valence-corrected chi connectivity index (χ2v) is 6.42. The molecule has 3 heterocycles. The quantitative estimate of drug-likeness (QED) is 0.653. The fourth-order valence-electron chi connectivity index (χ4n) is 2.31. The molecule has 21 heavy (non-hydrogen) atoms. The van der Waals surface area contributed by atoms with Crippen molar-refractivity contribution in [1.29, 1.82) is 0 Å². The van der Waals surface area contributed by atoms with Gasteiger partial charge in [-0.25, -0.2) is 9.97 Å². The third kappa shape index (κ3) is 3.09. The smallest absolute Gasteiger partial charge is 0.160 e. The molecule has 0 aromatic carbocycles. The molecule has 0 radical (unpaired) electrons. The second-order valence-electron chi connectivity index (χ2n) is 4.85. The number of nitrogens with zero attached hydrogens (tertiary/aromatic N) is 4. The minimum absolute atomic E-state index is 0.160. The Bertz CT molecular complexity index is 755. The third-order valence-electron chi connectivity index (χ3n) is 3.28. The number of aromatic nitrogens is 4. The first-order valence-electron chi connectivity index (χ1n) is 6.70. The van der Waals surface area contributed by atoms with Crippen molar-refractivity contribution in [2.45, 2.75) is 25.3 Å². The highest BCUT2D eigenvalue weighted by Gasteiger charge is 2.16. The van der Waals surface area contributed by atoms with E-state index in [4.69, 9.17) is 11.6 Å². The van der Waals surface area contributed by atoms with Gasteiger partial charge in [0.05, 0.1) is 5.38 Å². The summed E-state index contributed by atoms with van der Waals surface area (Å²) in [4.78, 5) is 13.2. The highest BCUT2D eigenvalue weighted by atomic mass is 79.9. The summed E-state index contributed by atoms with van der Waals surface area (Å²) < 4.78 is 3.01. The average molecular weight is 366 g/mol. The maximum absolute atomic E-state index is 6.27. The van der Waals surface area contributed by atoms with Crippen LogP contribution in [-0.4, -0.2) is 19.5 Å². The first kappa shape index (κ1) is 14.5. The molecule has 3 rings (SSSR count). The van der Waals surface area contributed by atoms with Crippen LogP contribution in [0.15, 0.2) is 41.3 Å². The fourth-order valence-corrected chi connectivity index (χ4v) is 2.80. The SMILES string of the molecule is CC(Cl)c1nc2cc(Br)cnc2n1CCc1cccnc1. The van der Waals surface area contributed by atoms with Gasteiger partial charge in [0.1, 0.15) is 11.3 Å². The van der Waals surface area contributed by atoms with Crippen molar-refractivity contribution in [2.75, 3.05) is 0 Å². The van der Waals surface area contributed by atoms with Crippen LogP contribution in [0.2, 0.25) is 0 Å². The maximum Gasteiger partial charge on any atom is 0.160 e. The number of aryl methyl sites for hydroxylation is 2. The van der Waals surface area contributed by atoms with Crippen molar-refractivity contribution < 1.29 is 0 Å². The summed E-state index contributed by atoms with van der Waals surface area (Å²) in [5, 5.41) is -0.160. The lowest BCUT2D eigenvalue weighted by atomic mass is 10.2. The van der Waals surface area contributed by atoms with E-state index >= 15 is 0 Å². The average Bonchev–Trinajstić information content (AvgIpc) is 2.84. The zero-order valence-electron chi connectivity index (χ0n) is 11.5. The number of imidazole rings is 1. The molecule has 0 aliphatic rings. The van der Waals surface area contributed by atoms with Crippen molar-refractivity contribution in [3.8, 4) is 0 Å². The summed E-state index contributed by atoms with van der Waals surface area (Å²) in [6, 6.07) is 5.98. The number of rotatable bonds is 4. The van der Waals surface area contributed by atoms with E-state index in [1.165, 1.54) is 5.56 Å². The summed E-state index contributed by atoms with van der Waals surface area (Å²) in [6.07, 6.45) is 6.31. The third-order valence-corrected chi connectivity index (χ3v) is 3.91. The van der Waals surface area contributed by atoms with Crippen LogP contribution in [0, 0.1) is 0 Å². The standard InChI is InChI=1S/C15H14BrClN4/c1-10(17)14-20-13-7-12(16)9-19-15(13)21(14)6-4-11-3-2-5-18-8-11/h2-3,5,7-10H,4,6H2,1H3. The lowest BCUT2D eigenvalue weighted by Crippen LogP contribution is -2.07. The zero-order valence-corrected chi connectivity index (χ0v) is 13.8. The summed E-state index contributed by atoms with van der Waals surface area (Å²) in [5.41, 5.74) is 2.91. The molecule has 0 aliphatic heterocycles. The Labute approximate surface area is 136 Å². The molecule has 0 N–H and O–H groups in total. The van der Waals surface area contributed by atoms with E-state index in [0.717, 1.165) is 34.4 Å². The number of halogens is 2. The number of hydrogen-bond donors (Lipinski definition) is 0. The minimum Gasteiger partial charge on any atom is -0.311 e. The van der Waals surface area contributed by atoms with Gasteiger partial charge in [-0.3, -0.25) is 4.98 Å². The Morgan fingerprint density at radius 3 is 2.95 bits per heavy atom. The van der Waals surface area contributed by atoms with Crippen molar-refractivity contribution >= 4 is 38.7 Å². The molecule has 3 aromatic rings. The van der Waals surface area contributed by atoms with Gasteiger partial charge in [0.2, 0.25) is 0 Å². The summed E-state index contributed by atoms with van der Waals surface area (Å²) in [6.45, 7) is 2.71. The molecule has 0 fully saturated rings. The molecular weight excluding hydrogens is 352 g/mol. The van der Waals surface area contributed by atoms with Gasteiger partial charge in [-0.05, 0) is 47.0 Å². The number of pyridine rings is 2. The van der Waals surface area contributed by atoms with E-state index in [1.54, 1.807) is 12.4 Å². The molecule has 0 spiro atoms. The molecule has 0 bridgehead atoms. The number of alkyl halides is 1. The predicted molar refractivity (Wildman–Crippen MR) is 87.4 cm³/mol. The molecule has 6 heteroatoms. The first-order chi connectivity index (χ1) is 10.1. The number of hydrogen-bond acceptors (Lipinski definition) is 3. The van der Waals surface area contributed by atoms with Gasteiger partial charge in [-0.15, -0.1) is 11.6 Å². The molecule has 0 saturated carbocycles. The lowest BCUT2D eigenvalue weighted by molar-refractivity contribution is 0.662. The maximum atomic E-state index is 6.27. The Balaban J connectivity index is 1.97. The van der Waals surface area contributed by atoms with E-state index in [1.807, 2.05) is 25.3 Å². The van der Waals surface area contributed by atoms with Crippen LogP contribution >= 0.6 is 27.5 Å². The minimum atomic E-state index is -0.160. The van der Waals surface area contributed by atoms with E-state index < -0.39 is 0 Å². The molecular formula is C15H14BrClN4. The van der Waals surface area contributed by atoms with E-state index in [9.17, 15) is 0 Å². The van der Waals surface area contributed by atoms with Gasteiger partial charge in [0, 0.05) is 29.6 Å². The summed E-state index contributed by atoms with van der Waals surface area (Å²) in [5.74, 6) is 0.848. The van der Waals surface area contributed by atoms with Crippen LogP contribution in [0.25, 0.3) is 11.2 Å². The Kier molecular flexibility index (Phi) is 4.22. The molecule has 0 amide bonds. The van der Waals surface area contributed by atoms with Gasteiger partial charge in [0.15, 0.2) is 5.65 Å². The van der Waals surface area contributed by atoms with Gasteiger partial charge in [-0.2, -0.15) is 0 Å². The lowest BCUT2D eigenvalue weighted by Gasteiger charge is -2.09. The summed E-state index contributed by atoms with van der Waals surface area (Å²) >= 11 is 9.69. The normalized spacial score (nSPS) is 12.7. The fraction of sp³-hybridized carbons (Fsp3) is 0.267. The van der Waals surface area contributed by atoms with Crippen LogP contribution in [0.5, 0.6) is 0 Å². The van der Waals surface area contributed by atoms with Crippen LogP contribution in [0.4, 0.5) is 0 Å². The topological polar surface area (TPSA) is 43.6 Å². The predicted octanol–water partition coefficient (Wildman–Crippen LogP) is 4.13. The van der Waals surface area contributed by atoms with Crippen LogP contribution in [0.3, 0.4) is 0 Å². The van der Waals surface area contributed by atoms with Crippen LogP contribution in [-0.2, 0) is 13.0 Å². The molecule has 3 aromatic heterocycles. The van der Waals surface area contributed by atoms with E-state index in [0.29, 0.717) is 0 Å². The largest absolute Gasteiger partial charge is 0.311 e. The molecule has 108 valence electrons. The van der Waals surface area contributed by atoms with Gasteiger partial charge < -0.3 is 4.57 Å². The van der Waals surface area contributed by atoms with Gasteiger partial charge >= 0.3 is 0 Å². The summed E-state index contributed by atoms with van der Waals surface area (Å²) in [7, 11) is 0. The number of fused-ring (bicyclic) bond motifs is 1. The Hall–Kier alpha value is -1.46. The van der Waals surface area contributed by atoms with Crippen LogP contribution < -0.4 is 0 Å². The highest BCUT2D eigenvalue weighted by Crippen LogP contribution is 2.25. The van der Waals surface area contributed by atoms with Gasteiger partial charge in [-0.1, -0.05) is 6.07 Å². The molecule has 1 atom stereocenters. The highest BCUT2D eigenvalue weighted by molar-refractivity contribution is 9.10. The van der Waals surface area contributed by atoms with Crippen LogP contribution in [0.1, 0.15) is 23.7 Å². The van der Waals surface area contributed by atoms with E-state index in [2.05, 4.69) is 41.5 Å². The Morgan fingerprint density at radius 2 is 2.24 bits per heavy atom.